The summed E-state index contributed by atoms with van der Waals surface area (Å²) in [6, 6.07) is 10.5. The molecular formula is C29H37ClF3N5O2. The molecule has 2 fully saturated rings. The van der Waals surface area contributed by atoms with E-state index in [0.29, 0.717) is 55.4 Å². The number of benzene rings is 2. The molecule has 0 saturated carbocycles. The predicted octanol–water partition coefficient (Wildman–Crippen LogP) is 4.25. The van der Waals surface area contributed by atoms with Gasteiger partial charge in [0.15, 0.2) is 0 Å². The van der Waals surface area contributed by atoms with Crippen LogP contribution in [-0.2, 0) is 15.8 Å². The van der Waals surface area contributed by atoms with Crippen LogP contribution in [0.3, 0.4) is 0 Å². The third-order valence-corrected chi connectivity index (χ3v) is 8.13. The van der Waals surface area contributed by atoms with Gasteiger partial charge < -0.3 is 26.2 Å². The maximum Gasteiger partial charge on any atom is 0.416 e. The Bertz CT molecular complexity index is 1200. The van der Waals surface area contributed by atoms with Crippen LogP contribution in [0.1, 0.15) is 48.9 Å². The molecule has 2 aliphatic rings. The summed E-state index contributed by atoms with van der Waals surface area (Å²) in [5, 5.41) is 0.589. The molecule has 0 radical (unpaired) electrons. The van der Waals surface area contributed by atoms with Gasteiger partial charge in [-0.2, -0.15) is 13.2 Å². The van der Waals surface area contributed by atoms with E-state index < -0.39 is 23.7 Å². The van der Waals surface area contributed by atoms with Gasteiger partial charge in [0.25, 0.3) is 0 Å². The second kappa shape index (κ2) is 12.4. The number of nitrogens with zero attached hydrogens (tertiary/aromatic N) is 3. The van der Waals surface area contributed by atoms with Crippen LogP contribution in [-0.4, -0.2) is 67.4 Å². The summed E-state index contributed by atoms with van der Waals surface area (Å²) in [6.45, 7) is 6.28. The van der Waals surface area contributed by atoms with Crippen molar-refractivity contribution in [1.82, 2.24) is 9.80 Å². The molecule has 3 atom stereocenters. The number of hydrogen-bond acceptors (Lipinski definition) is 5. The summed E-state index contributed by atoms with van der Waals surface area (Å²) in [5.74, 6) is -0.640. The van der Waals surface area contributed by atoms with E-state index in [1.807, 2.05) is 30.9 Å². The van der Waals surface area contributed by atoms with Crippen LogP contribution in [0.5, 0.6) is 0 Å². The fourth-order valence-electron chi connectivity index (χ4n) is 5.79. The maximum absolute atomic E-state index is 13.8. The van der Waals surface area contributed by atoms with Crippen LogP contribution in [0.2, 0.25) is 5.02 Å². The Kier molecular flexibility index (Phi) is 9.32. The molecule has 11 heteroatoms. The summed E-state index contributed by atoms with van der Waals surface area (Å²) in [4.78, 5) is 31.6. The van der Waals surface area contributed by atoms with Crippen LogP contribution in [0.15, 0.2) is 42.5 Å². The average Bonchev–Trinajstić information content (AvgIpc) is 3.37. The van der Waals surface area contributed by atoms with Crippen LogP contribution >= 0.6 is 11.6 Å². The monoisotopic (exact) mass is 579 g/mol. The van der Waals surface area contributed by atoms with E-state index in [0.717, 1.165) is 17.7 Å². The molecule has 7 nitrogen and oxygen atoms in total. The highest BCUT2D eigenvalue weighted by Gasteiger charge is 2.42. The van der Waals surface area contributed by atoms with Crippen molar-refractivity contribution in [2.24, 2.45) is 23.3 Å². The van der Waals surface area contributed by atoms with Gasteiger partial charge in [0.1, 0.15) is 0 Å². The molecule has 218 valence electrons. The first-order valence-corrected chi connectivity index (χ1v) is 14.0. The van der Waals surface area contributed by atoms with Gasteiger partial charge in [-0.25, -0.2) is 0 Å². The lowest BCUT2D eigenvalue weighted by Crippen LogP contribution is -2.51. The molecule has 4 rings (SSSR count). The molecular weight excluding hydrogens is 543 g/mol. The molecule has 0 bridgehead atoms. The number of carbonyl (C=O) groups excluding carboxylic acids is 2. The summed E-state index contributed by atoms with van der Waals surface area (Å²) >= 11 is 6.07. The van der Waals surface area contributed by atoms with Gasteiger partial charge in [-0.05, 0) is 53.8 Å². The smallest absolute Gasteiger partial charge is 0.368 e. The highest BCUT2D eigenvalue weighted by Crippen LogP contribution is 2.38. The van der Waals surface area contributed by atoms with E-state index in [2.05, 4.69) is 0 Å². The molecule has 2 heterocycles. The van der Waals surface area contributed by atoms with E-state index in [4.69, 9.17) is 23.1 Å². The molecule has 0 spiro atoms. The Labute approximate surface area is 238 Å². The Hall–Kier alpha value is -2.82. The van der Waals surface area contributed by atoms with Crippen LogP contribution < -0.4 is 16.4 Å². The number of piperazine rings is 1. The minimum Gasteiger partial charge on any atom is -0.368 e. The highest BCUT2D eigenvalue weighted by atomic mass is 35.5. The second-order valence-corrected chi connectivity index (χ2v) is 11.5. The number of halogens is 4. The number of hydrogen-bond donors (Lipinski definition) is 2. The number of amides is 2. The van der Waals surface area contributed by atoms with Gasteiger partial charge in [-0.3, -0.25) is 9.59 Å². The largest absolute Gasteiger partial charge is 0.416 e. The predicted molar refractivity (Wildman–Crippen MR) is 150 cm³/mol. The SMILES string of the molecule is CC(C)C[C@H](N)c1cc(C(F)(F)F)ccc1N1CCN(C(=O)[C@@H]2CN(C(=O)CN)C[C@H]2c2ccc(Cl)cc2)CC1. The zero-order valence-corrected chi connectivity index (χ0v) is 23.6. The highest BCUT2D eigenvalue weighted by molar-refractivity contribution is 6.30. The minimum absolute atomic E-state index is 0.0453. The molecule has 2 amide bonds. The lowest BCUT2D eigenvalue weighted by atomic mass is 9.88. The van der Waals surface area contributed by atoms with Gasteiger partial charge in [0, 0.05) is 61.9 Å². The molecule has 0 aromatic heterocycles. The van der Waals surface area contributed by atoms with E-state index in [-0.39, 0.29) is 36.7 Å². The normalized spacial score (nSPS) is 20.8. The fraction of sp³-hybridized carbons (Fsp3) is 0.517. The average molecular weight is 580 g/mol. The van der Waals surface area contributed by atoms with Crippen LogP contribution in [0, 0.1) is 11.8 Å². The van der Waals surface area contributed by atoms with E-state index in [1.54, 1.807) is 21.9 Å². The summed E-state index contributed by atoms with van der Waals surface area (Å²) in [6.07, 6.45) is -3.91. The molecule has 40 heavy (non-hydrogen) atoms. The van der Waals surface area contributed by atoms with E-state index >= 15 is 0 Å². The van der Waals surface area contributed by atoms with Crippen molar-refractivity contribution in [3.05, 3.63) is 64.2 Å². The first-order chi connectivity index (χ1) is 18.9. The molecule has 0 aliphatic carbocycles. The van der Waals surface area contributed by atoms with Gasteiger partial charge in [0.05, 0.1) is 18.0 Å². The minimum atomic E-state index is -4.46. The molecule has 2 aromatic rings. The lowest BCUT2D eigenvalue weighted by molar-refractivity contribution is -0.138. The van der Waals surface area contributed by atoms with Gasteiger partial charge in [-0.15, -0.1) is 0 Å². The van der Waals surface area contributed by atoms with Crippen molar-refractivity contribution >= 4 is 29.1 Å². The third-order valence-electron chi connectivity index (χ3n) is 7.87. The van der Waals surface area contributed by atoms with Crippen molar-refractivity contribution in [3.63, 3.8) is 0 Å². The molecule has 2 saturated heterocycles. The first-order valence-electron chi connectivity index (χ1n) is 13.6. The third kappa shape index (κ3) is 6.72. The second-order valence-electron chi connectivity index (χ2n) is 11.1. The van der Waals surface area contributed by atoms with E-state index in [9.17, 15) is 22.8 Å². The number of carbonyl (C=O) groups is 2. The lowest BCUT2D eigenvalue weighted by Gasteiger charge is -2.39. The molecule has 2 aliphatic heterocycles. The van der Waals surface area contributed by atoms with Crippen LogP contribution in [0.25, 0.3) is 0 Å². The van der Waals surface area contributed by atoms with Crippen molar-refractivity contribution in [2.45, 2.75) is 38.4 Å². The number of likely N-dealkylation sites (tertiary alicyclic amines) is 1. The summed E-state index contributed by atoms with van der Waals surface area (Å²) in [5.41, 5.74) is 13.4. The number of anilines is 1. The van der Waals surface area contributed by atoms with Gasteiger partial charge in [-0.1, -0.05) is 37.6 Å². The standard InChI is InChI=1S/C29H37ClF3N5O2/c1-18(2)13-25(35)22-14-20(29(31,32)33)5-8-26(22)36-9-11-37(12-10-36)28(40)24-17-38(27(39)15-34)16-23(24)19-3-6-21(30)7-4-19/h3-8,14,18,23-25H,9-13,15-17,34-35H2,1-2H3/t23-,24+,25-/m0/s1. The number of rotatable bonds is 7. The molecule has 0 unspecified atom stereocenters. The Morgan fingerprint density at radius 3 is 2.23 bits per heavy atom. The van der Waals surface area contributed by atoms with Gasteiger partial charge >= 0.3 is 6.18 Å². The zero-order valence-electron chi connectivity index (χ0n) is 22.8. The quantitative estimate of drug-likeness (QED) is 0.511. The van der Waals surface area contributed by atoms with Crippen molar-refractivity contribution in [3.8, 4) is 0 Å². The fourth-order valence-corrected chi connectivity index (χ4v) is 5.91. The van der Waals surface area contributed by atoms with Gasteiger partial charge in [0.2, 0.25) is 11.8 Å². The van der Waals surface area contributed by atoms with Crippen molar-refractivity contribution < 1.29 is 22.8 Å². The van der Waals surface area contributed by atoms with Crippen LogP contribution in [0.4, 0.5) is 18.9 Å². The molecule has 2 aromatic carbocycles. The number of alkyl halides is 3. The summed E-state index contributed by atoms with van der Waals surface area (Å²) < 4.78 is 40.5. The van der Waals surface area contributed by atoms with Crippen molar-refractivity contribution in [1.29, 1.82) is 0 Å². The summed E-state index contributed by atoms with van der Waals surface area (Å²) in [7, 11) is 0. The van der Waals surface area contributed by atoms with E-state index in [1.165, 1.54) is 6.07 Å². The Morgan fingerprint density at radius 1 is 1.00 bits per heavy atom. The molecule has 4 N–H and O–H groups in total. The zero-order chi connectivity index (χ0) is 29.2. The van der Waals surface area contributed by atoms with Crippen molar-refractivity contribution in [2.75, 3.05) is 50.7 Å². The number of nitrogens with two attached hydrogens (primary N) is 2. The maximum atomic E-state index is 13.8. The first kappa shape index (κ1) is 30.1. The Morgan fingerprint density at radius 2 is 1.65 bits per heavy atom. The topological polar surface area (TPSA) is 95.9 Å². The Balaban J connectivity index is 1.51.